The minimum atomic E-state index is -1.82. The van der Waals surface area contributed by atoms with E-state index in [2.05, 4.69) is 0 Å². The van der Waals surface area contributed by atoms with E-state index in [0.29, 0.717) is 0 Å². The Morgan fingerprint density at radius 1 is 0.576 bits per heavy atom. The number of ether oxygens (including phenoxy) is 9. The van der Waals surface area contributed by atoms with Gasteiger partial charge in [0.15, 0.2) is 58.9 Å². The molecule has 0 saturated carbocycles. The second-order valence-corrected chi connectivity index (χ2v) is 14.9. The van der Waals surface area contributed by atoms with Gasteiger partial charge in [0.1, 0.15) is 34.5 Å². The fraction of sp³-hybridized carbons (Fsp3) is 0.267. The van der Waals surface area contributed by atoms with E-state index in [9.17, 15) is 59.7 Å². The summed E-state index contributed by atoms with van der Waals surface area (Å²) in [7, 11) is 0. The van der Waals surface area contributed by atoms with Crippen LogP contribution in [0, 0.1) is 0 Å². The Morgan fingerprint density at radius 2 is 1.17 bits per heavy atom. The first-order valence-electron chi connectivity index (χ1n) is 19.7. The first-order chi connectivity index (χ1) is 31.2. The number of carbonyl (C=O) groups is 5. The monoisotopic (exact) mass is 916 g/mol. The highest BCUT2D eigenvalue weighted by molar-refractivity contribution is 5.96. The molecule has 0 bridgehead atoms. The minimum absolute atomic E-state index is 0.0179. The molecule has 3 aliphatic heterocycles. The maximum atomic E-state index is 13.1. The zero-order chi connectivity index (χ0) is 47.9. The normalized spacial score (nSPS) is 20.8. The smallest absolute Gasteiger partial charge is 0.307 e. The highest BCUT2D eigenvalue weighted by Gasteiger charge is 2.49. The van der Waals surface area contributed by atoms with Gasteiger partial charge in [-0.05, 0) is 30.3 Å². The SMILES string of the molecule is CC(=O)OC1=Cc2c(O)cc(O[C@@H]3OC[C@@H](OC(C)=O)[C@H](OC(C)=O)[C@H]3OC(C)=O)c(C3=C(OC(C)=O)[C@@H](c4ccc(O)c(O)c4)Oc4cc(O)cc(O)c43)c2O[C@@H]1c1ccc(O)c(O)c1. The van der Waals surface area contributed by atoms with Crippen molar-refractivity contribution < 1.29 is 102 Å². The summed E-state index contributed by atoms with van der Waals surface area (Å²) in [5, 5.41) is 75.9. The van der Waals surface area contributed by atoms with Gasteiger partial charge in [0, 0.05) is 69.5 Å². The number of rotatable bonds is 10. The number of phenolic OH excluding ortho intramolecular Hbond substituents is 7. The van der Waals surface area contributed by atoms with Crippen LogP contribution in [0.1, 0.15) is 74.6 Å². The molecule has 0 unspecified atom stereocenters. The van der Waals surface area contributed by atoms with Crippen LogP contribution in [0.5, 0.6) is 57.5 Å². The van der Waals surface area contributed by atoms with Gasteiger partial charge in [-0.3, -0.25) is 24.0 Å². The van der Waals surface area contributed by atoms with Crippen molar-refractivity contribution in [1.29, 1.82) is 0 Å². The molecule has 0 radical (unpaired) electrons. The van der Waals surface area contributed by atoms with Crippen molar-refractivity contribution in [2.75, 3.05) is 6.61 Å². The molecule has 3 aliphatic rings. The molecule has 346 valence electrons. The van der Waals surface area contributed by atoms with Crippen molar-refractivity contribution in [1.82, 2.24) is 0 Å². The fourth-order valence-corrected chi connectivity index (χ4v) is 7.54. The van der Waals surface area contributed by atoms with Crippen molar-refractivity contribution >= 4 is 41.5 Å². The molecule has 7 rings (SSSR count). The highest BCUT2D eigenvalue weighted by Crippen LogP contribution is 2.58. The van der Waals surface area contributed by atoms with Gasteiger partial charge < -0.3 is 78.4 Å². The molecular weight excluding hydrogens is 876 g/mol. The Kier molecular flexibility index (Phi) is 12.5. The average Bonchev–Trinajstić information content (AvgIpc) is 3.21. The molecule has 6 atom stereocenters. The maximum absolute atomic E-state index is 13.1. The van der Waals surface area contributed by atoms with Gasteiger partial charge in [-0.2, -0.15) is 0 Å². The Hall–Kier alpha value is -8.33. The van der Waals surface area contributed by atoms with Gasteiger partial charge >= 0.3 is 29.8 Å². The third-order valence-corrected chi connectivity index (χ3v) is 10.0. The van der Waals surface area contributed by atoms with Crippen LogP contribution in [-0.4, -0.2) is 96.8 Å². The minimum Gasteiger partial charge on any atom is -0.508 e. The molecule has 1 fully saturated rings. The van der Waals surface area contributed by atoms with Gasteiger partial charge in [-0.15, -0.1) is 0 Å². The summed E-state index contributed by atoms with van der Waals surface area (Å²) < 4.78 is 53.1. The van der Waals surface area contributed by atoms with Crippen molar-refractivity contribution in [2.45, 2.75) is 71.4 Å². The van der Waals surface area contributed by atoms with E-state index in [1.54, 1.807) is 0 Å². The van der Waals surface area contributed by atoms with Crippen molar-refractivity contribution in [2.24, 2.45) is 0 Å². The zero-order valence-electron chi connectivity index (χ0n) is 35.3. The topological polar surface area (TPSA) is 310 Å². The van der Waals surface area contributed by atoms with Gasteiger partial charge in [-0.25, -0.2) is 0 Å². The first-order valence-corrected chi connectivity index (χ1v) is 19.7. The van der Waals surface area contributed by atoms with Crippen LogP contribution in [0.15, 0.2) is 66.1 Å². The summed E-state index contributed by atoms with van der Waals surface area (Å²) in [6.07, 6.45) is -8.41. The van der Waals surface area contributed by atoms with Crippen LogP contribution in [0.3, 0.4) is 0 Å². The third-order valence-electron chi connectivity index (χ3n) is 10.0. The van der Waals surface area contributed by atoms with E-state index in [1.807, 2.05) is 0 Å². The van der Waals surface area contributed by atoms with E-state index in [1.165, 1.54) is 18.2 Å². The molecule has 66 heavy (non-hydrogen) atoms. The molecule has 0 aliphatic carbocycles. The average molecular weight is 917 g/mol. The van der Waals surface area contributed by atoms with Crippen LogP contribution in [0.25, 0.3) is 11.6 Å². The van der Waals surface area contributed by atoms with Crippen molar-refractivity contribution in [3.8, 4) is 57.5 Å². The van der Waals surface area contributed by atoms with Gasteiger partial charge in [0.05, 0.1) is 23.3 Å². The predicted molar refractivity (Wildman–Crippen MR) is 219 cm³/mol. The molecule has 4 aromatic rings. The van der Waals surface area contributed by atoms with Crippen molar-refractivity contribution in [3.05, 3.63) is 93.9 Å². The van der Waals surface area contributed by atoms with Crippen molar-refractivity contribution in [3.63, 3.8) is 0 Å². The Bertz CT molecular complexity index is 2740. The summed E-state index contributed by atoms with van der Waals surface area (Å²) in [6, 6.07) is 9.98. The quantitative estimate of drug-likeness (QED) is 0.0647. The standard InChI is InChI=1S/C45H40O21/c1-17(46)59-34-14-25-28(54)15-33(65-45-44(63-21(5)50)42(61-19(3)48)35(16-58-45)60-18(2)47)37(41(25)66-39(34)22-6-8-26(52)29(55)10-22)38-36-31(57)12-24(51)13-32(36)64-40(43(38)62-20(4)49)23-7-9-27(53)30(56)11-23/h6-15,35,39-40,42,44-45,51-57H,16H2,1-5H3/t35-,39-,40-,42+,44-,45+/m1/s1. The lowest BCUT2D eigenvalue weighted by molar-refractivity contribution is -0.259. The van der Waals surface area contributed by atoms with Crippen LogP contribution in [0.2, 0.25) is 0 Å². The van der Waals surface area contributed by atoms with E-state index >= 15 is 0 Å². The highest BCUT2D eigenvalue weighted by atomic mass is 16.7. The summed E-state index contributed by atoms with van der Waals surface area (Å²) in [5.74, 6) is -10.6. The van der Waals surface area contributed by atoms with Crippen LogP contribution in [-0.2, 0) is 52.4 Å². The molecule has 0 amide bonds. The number of carbonyl (C=O) groups excluding carboxylic acids is 5. The molecule has 21 heteroatoms. The molecule has 0 aromatic heterocycles. The Morgan fingerprint density at radius 3 is 1.74 bits per heavy atom. The number of aromatic hydroxyl groups is 7. The van der Waals surface area contributed by atoms with Gasteiger partial charge in [0.25, 0.3) is 0 Å². The van der Waals surface area contributed by atoms with Crippen LogP contribution < -0.4 is 14.2 Å². The third kappa shape index (κ3) is 9.17. The maximum Gasteiger partial charge on any atom is 0.307 e. The van der Waals surface area contributed by atoms with E-state index < -0.39 is 131 Å². The number of hydrogen-bond donors (Lipinski definition) is 7. The molecule has 1 saturated heterocycles. The lowest BCUT2D eigenvalue weighted by Gasteiger charge is -2.40. The summed E-state index contributed by atoms with van der Waals surface area (Å²) >= 11 is 0. The molecular formula is C45H40O21. The number of fused-ring (bicyclic) bond motifs is 2. The first kappa shape index (κ1) is 45.7. The number of benzene rings is 4. The van der Waals surface area contributed by atoms with Gasteiger partial charge in [0.2, 0.25) is 12.4 Å². The van der Waals surface area contributed by atoms with Crippen LogP contribution in [0.4, 0.5) is 0 Å². The molecule has 7 N–H and O–H groups in total. The number of esters is 5. The summed E-state index contributed by atoms with van der Waals surface area (Å²) in [6.45, 7) is 4.71. The van der Waals surface area contributed by atoms with E-state index in [0.717, 1.165) is 77.1 Å². The van der Waals surface area contributed by atoms with Gasteiger partial charge in [-0.1, -0.05) is 12.1 Å². The second-order valence-electron chi connectivity index (χ2n) is 14.9. The predicted octanol–water partition coefficient (Wildman–Crippen LogP) is 4.65. The lowest BCUT2D eigenvalue weighted by atomic mass is 9.86. The zero-order valence-corrected chi connectivity index (χ0v) is 35.3. The fourth-order valence-electron chi connectivity index (χ4n) is 7.54. The number of phenols is 7. The molecule has 3 heterocycles. The van der Waals surface area contributed by atoms with E-state index in [-0.39, 0.29) is 44.9 Å². The number of hydrogen-bond acceptors (Lipinski definition) is 21. The summed E-state index contributed by atoms with van der Waals surface area (Å²) in [4.78, 5) is 62.9. The summed E-state index contributed by atoms with van der Waals surface area (Å²) in [5.41, 5.74) is -1.17. The molecule has 21 nitrogen and oxygen atoms in total. The molecule has 0 spiro atoms. The lowest BCUT2D eigenvalue weighted by Crippen LogP contribution is -2.59. The van der Waals surface area contributed by atoms with E-state index in [4.69, 9.17) is 42.6 Å². The Labute approximate surface area is 372 Å². The Balaban J connectivity index is 1.58. The largest absolute Gasteiger partial charge is 0.508 e. The molecule has 4 aromatic carbocycles. The second kappa shape index (κ2) is 18.0. The van der Waals surface area contributed by atoms with Crippen LogP contribution >= 0.6 is 0 Å².